The van der Waals surface area contributed by atoms with Crippen LogP contribution in [0.1, 0.15) is 54.7 Å². The smallest absolute Gasteiger partial charge is 0.340 e. The lowest BCUT2D eigenvalue weighted by atomic mass is 9.77. The van der Waals surface area contributed by atoms with Crippen LogP contribution in [0.15, 0.2) is 97.1 Å². The van der Waals surface area contributed by atoms with Gasteiger partial charge in [0.15, 0.2) is 5.60 Å². The highest BCUT2D eigenvalue weighted by Crippen LogP contribution is 2.56. The van der Waals surface area contributed by atoms with Crippen molar-refractivity contribution in [2.24, 2.45) is 5.41 Å². The molecule has 6 rings (SSSR count). The van der Waals surface area contributed by atoms with Crippen LogP contribution in [0, 0.1) is 5.41 Å². The summed E-state index contributed by atoms with van der Waals surface area (Å²) in [6.07, 6.45) is 0. The molecule has 4 aromatic carbocycles. The second-order valence-corrected chi connectivity index (χ2v) is 11.4. The summed E-state index contributed by atoms with van der Waals surface area (Å²) < 4.78 is 12.8. The van der Waals surface area contributed by atoms with E-state index in [1.54, 1.807) is 0 Å². The molecule has 4 aromatic rings. The number of anilines is 2. The highest BCUT2D eigenvalue weighted by molar-refractivity contribution is 5.97. The van der Waals surface area contributed by atoms with Crippen molar-refractivity contribution in [3.8, 4) is 11.5 Å². The third-order valence-electron chi connectivity index (χ3n) is 7.91. The normalized spacial score (nSPS) is 17.9. The van der Waals surface area contributed by atoms with Crippen LogP contribution < -0.4 is 15.0 Å². The summed E-state index contributed by atoms with van der Waals surface area (Å²) in [6, 6.07) is 32.4. The quantitative estimate of drug-likeness (QED) is 0.266. The van der Waals surface area contributed by atoms with Gasteiger partial charge in [0.1, 0.15) is 11.5 Å². The molecule has 0 aromatic heterocycles. The van der Waals surface area contributed by atoms with E-state index >= 15 is 0 Å². The Morgan fingerprint density at radius 1 is 0.821 bits per heavy atom. The van der Waals surface area contributed by atoms with E-state index in [1.807, 2.05) is 54.6 Å². The fourth-order valence-corrected chi connectivity index (χ4v) is 5.72. The first kappa shape index (κ1) is 25.1. The molecule has 2 atom stereocenters. The molecule has 0 bridgehead atoms. The molecule has 2 aliphatic rings. The molecule has 0 radical (unpaired) electrons. The minimum Gasteiger partial charge on any atom is -0.456 e. The highest BCUT2D eigenvalue weighted by Gasteiger charge is 2.53. The second kappa shape index (κ2) is 9.49. The molecule has 2 heterocycles. The van der Waals surface area contributed by atoms with E-state index in [1.165, 1.54) is 0 Å². The zero-order valence-corrected chi connectivity index (χ0v) is 22.9. The largest absolute Gasteiger partial charge is 0.456 e. The Morgan fingerprint density at radius 3 is 2.23 bits per heavy atom. The van der Waals surface area contributed by atoms with Crippen molar-refractivity contribution in [1.29, 1.82) is 0 Å². The van der Waals surface area contributed by atoms with E-state index in [0.29, 0.717) is 17.1 Å². The van der Waals surface area contributed by atoms with E-state index in [4.69, 9.17) is 9.47 Å². The Bertz CT molecular complexity index is 1530. The zero-order chi connectivity index (χ0) is 27.2. The predicted molar refractivity (Wildman–Crippen MR) is 156 cm³/mol. The van der Waals surface area contributed by atoms with Gasteiger partial charge in [0, 0.05) is 53.3 Å². The van der Waals surface area contributed by atoms with Gasteiger partial charge in [-0.15, -0.1) is 0 Å². The summed E-state index contributed by atoms with van der Waals surface area (Å²) >= 11 is 0. The van der Waals surface area contributed by atoms with Crippen LogP contribution >= 0.6 is 0 Å². The van der Waals surface area contributed by atoms with Crippen LogP contribution in [0.3, 0.4) is 0 Å². The summed E-state index contributed by atoms with van der Waals surface area (Å²) in [6.45, 7) is 10.6. The monoisotopic (exact) mass is 518 g/mol. The van der Waals surface area contributed by atoms with E-state index in [9.17, 15) is 4.79 Å². The van der Waals surface area contributed by atoms with Gasteiger partial charge in [-0.1, -0.05) is 75.4 Å². The van der Waals surface area contributed by atoms with Crippen LogP contribution in [-0.2, 0) is 10.3 Å². The fraction of sp³-hybridized carbons (Fsp3) is 0.265. The molecule has 2 unspecified atom stereocenters. The van der Waals surface area contributed by atoms with Crippen molar-refractivity contribution >= 4 is 17.3 Å². The molecule has 198 valence electrons. The first-order valence-electron chi connectivity index (χ1n) is 13.6. The van der Waals surface area contributed by atoms with Gasteiger partial charge in [-0.2, -0.15) is 0 Å². The van der Waals surface area contributed by atoms with Crippen molar-refractivity contribution in [2.75, 3.05) is 23.3 Å². The minimum absolute atomic E-state index is 0.0265. The Labute approximate surface area is 230 Å². The van der Waals surface area contributed by atoms with Crippen LogP contribution in [0.4, 0.5) is 11.4 Å². The van der Waals surface area contributed by atoms with Crippen molar-refractivity contribution in [1.82, 2.24) is 0 Å². The number of likely N-dealkylation sites (N-methyl/N-ethyl adjacent to an activating group) is 1. The molecule has 0 fully saturated rings. The number of hydrogen-bond donors (Lipinski definition) is 1. The van der Waals surface area contributed by atoms with Crippen molar-refractivity contribution < 1.29 is 14.3 Å². The number of para-hydroxylation sites is 2. The summed E-state index contributed by atoms with van der Waals surface area (Å²) in [7, 11) is 0. The van der Waals surface area contributed by atoms with Crippen molar-refractivity contribution in [3.63, 3.8) is 0 Å². The van der Waals surface area contributed by atoms with Gasteiger partial charge in [-0.05, 0) is 48.7 Å². The standard InChI is InChI=1S/C34H34N2O3/c1-5-36(22-31(33(2,3)4)35-23-13-7-6-8-14-23)24-19-20-28-30(21-24)38-29-18-12-11-17-27(29)34(28)26-16-10-9-15-25(26)32(37)39-34/h6-21,31,35H,5,22H2,1-4H3. The van der Waals surface area contributed by atoms with Crippen molar-refractivity contribution in [2.45, 2.75) is 39.3 Å². The van der Waals surface area contributed by atoms with E-state index < -0.39 is 5.60 Å². The van der Waals surface area contributed by atoms with Gasteiger partial charge in [0.25, 0.3) is 0 Å². The van der Waals surface area contributed by atoms with Crippen LogP contribution in [-0.4, -0.2) is 25.1 Å². The summed E-state index contributed by atoms with van der Waals surface area (Å²) in [5.41, 5.74) is 4.31. The molecule has 1 N–H and O–H groups in total. The first-order valence-corrected chi connectivity index (χ1v) is 13.6. The Morgan fingerprint density at radius 2 is 1.49 bits per heavy atom. The lowest BCUT2D eigenvalue weighted by Gasteiger charge is -2.39. The van der Waals surface area contributed by atoms with Gasteiger partial charge in [-0.25, -0.2) is 4.79 Å². The fourth-order valence-electron chi connectivity index (χ4n) is 5.72. The topological polar surface area (TPSA) is 50.8 Å². The van der Waals surface area contributed by atoms with E-state index in [0.717, 1.165) is 41.2 Å². The van der Waals surface area contributed by atoms with Crippen LogP contribution in [0.25, 0.3) is 0 Å². The zero-order valence-electron chi connectivity index (χ0n) is 22.9. The minimum atomic E-state index is -1.03. The molecule has 2 aliphatic heterocycles. The Kier molecular flexibility index (Phi) is 6.10. The Balaban J connectivity index is 1.40. The number of ether oxygens (including phenoxy) is 2. The number of carbonyl (C=O) groups is 1. The maximum atomic E-state index is 13.1. The van der Waals surface area contributed by atoms with E-state index in [2.05, 4.69) is 80.4 Å². The number of hydrogen-bond acceptors (Lipinski definition) is 5. The molecule has 39 heavy (non-hydrogen) atoms. The maximum Gasteiger partial charge on any atom is 0.340 e. The molecule has 5 heteroatoms. The molecular formula is C34H34N2O3. The number of fused-ring (bicyclic) bond motifs is 6. The molecule has 5 nitrogen and oxygen atoms in total. The highest BCUT2D eigenvalue weighted by atomic mass is 16.6. The number of benzene rings is 4. The average Bonchev–Trinajstić information content (AvgIpc) is 3.23. The number of carbonyl (C=O) groups excluding carboxylic acids is 1. The van der Waals surface area contributed by atoms with Crippen molar-refractivity contribution in [3.05, 3.63) is 119 Å². The second-order valence-electron chi connectivity index (χ2n) is 11.4. The Hall–Kier alpha value is -4.25. The van der Waals surface area contributed by atoms with E-state index in [-0.39, 0.29) is 17.4 Å². The predicted octanol–water partition coefficient (Wildman–Crippen LogP) is 7.61. The van der Waals surface area contributed by atoms with Crippen LogP contribution in [0.5, 0.6) is 11.5 Å². The third-order valence-corrected chi connectivity index (χ3v) is 7.91. The summed E-state index contributed by atoms with van der Waals surface area (Å²) in [5.74, 6) is 1.10. The summed E-state index contributed by atoms with van der Waals surface area (Å²) in [5, 5.41) is 3.75. The van der Waals surface area contributed by atoms with Gasteiger partial charge < -0.3 is 19.7 Å². The average molecular weight is 519 g/mol. The molecular weight excluding hydrogens is 484 g/mol. The molecule has 0 aliphatic carbocycles. The van der Waals surface area contributed by atoms with Gasteiger partial charge in [0.2, 0.25) is 0 Å². The molecule has 0 saturated carbocycles. The van der Waals surface area contributed by atoms with Gasteiger partial charge in [0.05, 0.1) is 5.56 Å². The SMILES string of the molecule is CCN(CC(Nc1ccccc1)C(C)(C)C)c1ccc2c(c1)Oc1ccccc1C21OC(=O)c2ccccc21. The van der Waals surface area contributed by atoms with Crippen LogP contribution in [0.2, 0.25) is 0 Å². The lowest BCUT2D eigenvalue weighted by molar-refractivity contribution is 0.0224. The van der Waals surface area contributed by atoms with Gasteiger partial charge >= 0.3 is 5.97 Å². The molecule has 0 saturated heterocycles. The lowest BCUT2D eigenvalue weighted by Crippen LogP contribution is -2.44. The third kappa shape index (κ3) is 4.22. The van der Waals surface area contributed by atoms with Gasteiger partial charge in [-0.3, -0.25) is 0 Å². The number of nitrogens with one attached hydrogen (secondary N) is 1. The number of rotatable bonds is 6. The molecule has 1 spiro atoms. The summed E-state index contributed by atoms with van der Waals surface area (Å²) in [4.78, 5) is 15.4. The number of nitrogens with zero attached hydrogens (tertiary/aromatic N) is 1. The molecule has 0 amide bonds. The number of esters is 1. The maximum absolute atomic E-state index is 13.1. The first-order chi connectivity index (χ1) is 18.8.